The quantitative estimate of drug-likeness (QED) is 0.605. The molecule has 1 saturated heterocycles. The smallest absolute Gasteiger partial charge is 0.240 e. The summed E-state index contributed by atoms with van der Waals surface area (Å²) in [5.41, 5.74) is -0.150. The van der Waals surface area contributed by atoms with Crippen LogP contribution in [-0.4, -0.2) is 65.0 Å². The Morgan fingerprint density at radius 1 is 1.17 bits per heavy atom. The molecule has 2 rings (SSSR count). The van der Waals surface area contributed by atoms with Gasteiger partial charge >= 0.3 is 0 Å². The molecule has 0 bridgehead atoms. The van der Waals surface area contributed by atoms with E-state index in [1.165, 1.54) is 0 Å². The molecule has 1 aromatic heterocycles. The summed E-state index contributed by atoms with van der Waals surface area (Å²) in [4.78, 5) is 44.4. The molecule has 0 radical (unpaired) electrons. The number of morpholine rings is 1. The van der Waals surface area contributed by atoms with E-state index >= 15 is 0 Å². The van der Waals surface area contributed by atoms with Crippen molar-refractivity contribution in [2.24, 2.45) is 11.3 Å². The van der Waals surface area contributed by atoms with E-state index < -0.39 is 12.0 Å². The first-order valence-corrected chi connectivity index (χ1v) is 10.7. The Kier molecular flexibility index (Phi) is 8.52. The average Bonchev–Trinajstić information content (AvgIpc) is 3.19. The summed E-state index contributed by atoms with van der Waals surface area (Å²) >= 11 is 0. The number of amides is 2. The summed E-state index contributed by atoms with van der Waals surface area (Å²) in [5, 5.41) is 6.53. The molecule has 2 heterocycles. The number of aryl methyl sites for hydroxylation is 1. The van der Waals surface area contributed by atoms with Gasteiger partial charge in [0.2, 0.25) is 29.3 Å². The number of carbonyl (C=O) groups excluding carboxylic acids is 3. The van der Waals surface area contributed by atoms with Gasteiger partial charge in [0.1, 0.15) is 0 Å². The minimum Gasteiger partial charge on any atom is -0.378 e. The Labute approximate surface area is 177 Å². The van der Waals surface area contributed by atoms with E-state index in [0.29, 0.717) is 51.5 Å². The van der Waals surface area contributed by atoms with Crippen molar-refractivity contribution in [2.75, 3.05) is 26.3 Å². The van der Waals surface area contributed by atoms with Gasteiger partial charge in [-0.25, -0.2) is 0 Å². The first-order chi connectivity index (χ1) is 14.1. The third kappa shape index (κ3) is 6.90. The SMILES string of the molecule is CCc1nc(C(=O)C(CC)NC(=O)C(CC(=O)N2CCOCC2)CC(C)(C)C)no1. The van der Waals surface area contributed by atoms with E-state index in [1.807, 2.05) is 27.7 Å². The molecule has 0 aliphatic carbocycles. The second-order valence-electron chi connectivity index (χ2n) is 8.86. The summed E-state index contributed by atoms with van der Waals surface area (Å²) in [7, 11) is 0. The number of nitrogens with zero attached hydrogens (tertiary/aromatic N) is 3. The molecule has 1 fully saturated rings. The van der Waals surface area contributed by atoms with Crippen LogP contribution in [0.5, 0.6) is 0 Å². The largest absolute Gasteiger partial charge is 0.378 e. The second kappa shape index (κ2) is 10.7. The molecule has 0 spiro atoms. The highest BCUT2D eigenvalue weighted by Gasteiger charge is 2.32. The molecule has 9 heteroatoms. The number of hydrogen-bond acceptors (Lipinski definition) is 7. The number of ketones is 1. The number of carbonyl (C=O) groups is 3. The number of ether oxygens (including phenoxy) is 1. The number of Topliss-reactive ketones (excluding diaryl/α,β-unsaturated/α-hetero) is 1. The fraction of sp³-hybridized carbons (Fsp3) is 0.762. The Balaban J connectivity index is 2.08. The minimum atomic E-state index is -0.763. The van der Waals surface area contributed by atoms with Crippen molar-refractivity contribution in [1.29, 1.82) is 0 Å². The molecule has 1 aromatic rings. The third-order valence-corrected chi connectivity index (χ3v) is 5.05. The van der Waals surface area contributed by atoms with Gasteiger partial charge in [0, 0.05) is 31.8 Å². The van der Waals surface area contributed by atoms with Crippen molar-refractivity contribution < 1.29 is 23.6 Å². The van der Waals surface area contributed by atoms with Gasteiger partial charge in [0.15, 0.2) is 0 Å². The molecular formula is C21H34N4O5. The van der Waals surface area contributed by atoms with Crippen LogP contribution >= 0.6 is 0 Å². The Hall–Kier alpha value is -2.29. The summed E-state index contributed by atoms with van der Waals surface area (Å²) in [6.07, 6.45) is 1.55. The van der Waals surface area contributed by atoms with Gasteiger partial charge in [-0.1, -0.05) is 39.8 Å². The number of rotatable bonds is 9. The first kappa shape index (κ1) is 24.0. The van der Waals surface area contributed by atoms with Gasteiger partial charge in [-0.3, -0.25) is 14.4 Å². The van der Waals surface area contributed by atoms with Crippen LogP contribution in [0, 0.1) is 11.3 Å². The lowest BCUT2D eigenvalue weighted by molar-refractivity contribution is -0.140. The zero-order chi connectivity index (χ0) is 22.3. The normalized spacial score (nSPS) is 16.8. The number of aromatic nitrogens is 2. The highest BCUT2D eigenvalue weighted by atomic mass is 16.5. The van der Waals surface area contributed by atoms with E-state index in [0.717, 1.165) is 0 Å². The molecule has 9 nitrogen and oxygen atoms in total. The van der Waals surface area contributed by atoms with Crippen molar-refractivity contribution >= 4 is 17.6 Å². The second-order valence-corrected chi connectivity index (χ2v) is 8.86. The van der Waals surface area contributed by atoms with Crippen molar-refractivity contribution in [2.45, 2.75) is 66.3 Å². The molecule has 2 unspecified atom stereocenters. The van der Waals surface area contributed by atoms with E-state index in [2.05, 4.69) is 15.5 Å². The van der Waals surface area contributed by atoms with Gasteiger partial charge in [-0.2, -0.15) is 4.98 Å². The average molecular weight is 423 g/mol. The van der Waals surface area contributed by atoms with E-state index in [4.69, 9.17) is 9.26 Å². The van der Waals surface area contributed by atoms with Crippen molar-refractivity contribution in [1.82, 2.24) is 20.4 Å². The lowest BCUT2D eigenvalue weighted by Crippen LogP contribution is -2.47. The number of nitrogens with one attached hydrogen (secondary N) is 1. The summed E-state index contributed by atoms with van der Waals surface area (Å²) in [5.74, 6) is -0.933. The van der Waals surface area contributed by atoms with Crippen LogP contribution in [0.15, 0.2) is 4.52 Å². The molecule has 1 aliphatic rings. The Morgan fingerprint density at radius 2 is 1.83 bits per heavy atom. The van der Waals surface area contributed by atoms with Crippen LogP contribution in [-0.2, 0) is 20.7 Å². The Morgan fingerprint density at radius 3 is 2.37 bits per heavy atom. The predicted molar refractivity (Wildman–Crippen MR) is 110 cm³/mol. The van der Waals surface area contributed by atoms with Crippen molar-refractivity contribution in [3.63, 3.8) is 0 Å². The molecule has 0 aromatic carbocycles. The van der Waals surface area contributed by atoms with E-state index in [-0.39, 0.29) is 35.3 Å². The van der Waals surface area contributed by atoms with Crippen molar-refractivity contribution in [3.05, 3.63) is 11.7 Å². The first-order valence-electron chi connectivity index (χ1n) is 10.7. The van der Waals surface area contributed by atoms with Gasteiger partial charge in [0.25, 0.3) is 0 Å². The molecule has 2 amide bonds. The maximum atomic E-state index is 13.1. The van der Waals surface area contributed by atoms with Crippen LogP contribution in [0.4, 0.5) is 0 Å². The van der Waals surface area contributed by atoms with E-state index in [1.54, 1.807) is 11.8 Å². The standard InChI is InChI=1S/C21H34N4O5/c1-6-15(18(27)19-23-16(7-2)30-24-19)22-20(28)14(13-21(3,4)5)12-17(26)25-8-10-29-11-9-25/h14-15H,6-13H2,1-5H3,(H,22,28). The molecule has 1 N–H and O–H groups in total. The molecule has 168 valence electrons. The summed E-state index contributed by atoms with van der Waals surface area (Å²) in [6, 6.07) is -0.763. The van der Waals surface area contributed by atoms with Crippen LogP contribution < -0.4 is 5.32 Å². The van der Waals surface area contributed by atoms with Gasteiger partial charge in [-0.05, 0) is 18.3 Å². The lowest BCUT2D eigenvalue weighted by atomic mass is 9.82. The van der Waals surface area contributed by atoms with Crippen LogP contribution in [0.3, 0.4) is 0 Å². The molecule has 1 aliphatic heterocycles. The maximum Gasteiger partial charge on any atom is 0.240 e. The molecule has 30 heavy (non-hydrogen) atoms. The summed E-state index contributed by atoms with van der Waals surface area (Å²) in [6.45, 7) is 11.8. The minimum absolute atomic E-state index is 0.0317. The van der Waals surface area contributed by atoms with Crippen LogP contribution in [0.2, 0.25) is 0 Å². The van der Waals surface area contributed by atoms with Gasteiger partial charge < -0.3 is 19.5 Å². The van der Waals surface area contributed by atoms with E-state index in [9.17, 15) is 14.4 Å². The zero-order valence-corrected chi connectivity index (χ0v) is 18.7. The number of hydrogen-bond donors (Lipinski definition) is 1. The molecule has 2 atom stereocenters. The summed E-state index contributed by atoms with van der Waals surface area (Å²) < 4.78 is 10.3. The zero-order valence-electron chi connectivity index (χ0n) is 18.7. The highest BCUT2D eigenvalue weighted by Crippen LogP contribution is 2.27. The lowest BCUT2D eigenvalue weighted by Gasteiger charge is -2.30. The molecular weight excluding hydrogens is 388 g/mol. The van der Waals surface area contributed by atoms with Crippen LogP contribution in [0.25, 0.3) is 0 Å². The molecule has 0 saturated carbocycles. The van der Waals surface area contributed by atoms with Gasteiger partial charge in [0.05, 0.1) is 19.3 Å². The fourth-order valence-corrected chi connectivity index (χ4v) is 3.45. The van der Waals surface area contributed by atoms with Crippen molar-refractivity contribution in [3.8, 4) is 0 Å². The predicted octanol–water partition coefficient (Wildman–Crippen LogP) is 2.01. The monoisotopic (exact) mass is 422 g/mol. The van der Waals surface area contributed by atoms with Gasteiger partial charge in [-0.15, -0.1) is 0 Å². The van der Waals surface area contributed by atoms with Crippen LogP contribution in [0.1, 0.15) is 70.4 Å². The Bertz CT molecular complexity index is 734. The maximum absolute atomic E-state index is 13.1. The third-order valence-electron chi connectivity index (χ3n) is 5.05. The topological polar surface area (TPSA) is 115 Å². The fourth-order valence-electron chi connectivity index (χ4n) is 3.45. The highest BCUT2D eigenvalue weighted by molar-refractivity contribution is 5.99.